The lowest BCUT2D eigenvalue weighted by atomic mass is 10.2. The van der Waals surface area contributed by atoms with Gasteiger partial charge in [0.25, 0.3) is 0 Å². The smallest absolute Gasteiger partial charge is 0.154 e. The molecule has 0 spiro atoms. The van der Waals surface area contributed by atoms with Crippen molar-refractivity contribution in [2.45, 2.75) is 6.92 Å². The second-order valence-corrected chi connectivity index (χ2v) is 4.14. The highest BCUT2D eigenvalue weighted by Crippen LogP contribution is 2.28. The minimum atomic E-state index is 0.762. The molecule has 4 nitrogen and oxygen atoms in total. The van der Waals surface area contributed by atoms with Crippen LogP contribution in [0.3, 0.4) is 0 Å². The Hall–Kier alpha value is -2.36. The number of furan rings is 1. The third-order valence-corrected chi connectivity index (χ3v) is 2.92. The largest absolute Gasteiger partial charge is 0.454 e. The fourth-order valence-corrected chi connectivity index (χ4v) is 1.96. The van der Waals surface area contributed by atoms with Gasteiger partial charge in [-0.1, -0.05) is 18.2 Å². The van der Waals surface area contributed by atoms with Gasteiger partial charge in [0.2, 0.25) is 0 Å². The maximum absolute atomic E-state index is 5.87. The van der Waals surface area contributed by atoms with E-state index in [2.05, 4.69) is 15.3 Å². The van der Waals surface area contributed by atoms with E-state index < -0.39 is 0 Å². The summed E-state index contributed by atoms with van der Waals surface area (Å²) in [5, 5.41) is 4.08. The van der Waals surface area contributed by atoms with Crippen LogP contribution in [-0.2, 0) is 0 Å². The molecular weight excluding hydrogens is 226 g/mol. The first kappa shape index (κ1) is 10.8. The van der Waals surface area contributed by atoms with E-state index in [1.807, 2.05) is 44.3 Å². The molecule has 1 N–H and O–H groups in total. The van der Waals surface area contributed by atoms with Crippen molar-refractivity contribution in [3.63, 3.8) is 0 Å². The highest BCUT2D eigenvalue weighted by Gasteiger charge is 2.09. The molecule has 0 aliphatic rings. The van der Waals surface area contributed by atoms with Gasteiger partial charge in [-0.3, -0.25) is 0 Å². The number of aromatic nitrogens is 2. The molecule has 0 aliphatic carbocycles. The molecule has 0 unspecified atom stereocenters. The molecule has 0 aliphatic heterocycles. The van der Waals surface area contributed by atoms with E-state index in [4.69, 9.17) is 4.42 Å². The maximum Gasteiger partial charge on any atom is 0.154 e. The lowest BCUT2D eigenvalue weighted by molar-refractivity contribution is 0.626. The number of para-hydroxylation sites is 1. The van der Waals surface area contributed by atoms with Crippen molar-refractivity contribution < 1.29 is 4.42 Å². The van der Waals surface area contributed by atoms with Gasteiger partial charge in [-0.15, -0.1) is 0 Å². The molecule has 3 aromatic rings. The van der Waals surface area contributed by atoms with E-state index in [-0.39, 0.29) is 0 Å². The summed E-state index contributed by atoms with van der Waals surface area (Å²) in [5.41, 5.74) is 2.82. The second kappa shape index (κ2) is 4.14. The van der Waals surface area contributed by atoms with Gasteiger partial charge in [0.1, 0.15) is 23.4 Å². The molecule has 0 atom stereocenters. The van der Waals surface area contributed by atoms with Gasteiger partial charge in [-0.2, -0.15) is 0 Å². The molecule has 4 heteroatoms. The number of aryl methyl sites for hydroxylation is 1. The SMILES string of the molecule is CNc1cc(-c2cc3cccc(C)c3o2)ncn1. The van der Waals surface area contributed by atoms with Crippen molar-refractivity contribution in [1.29, 1.82) is 0 Å². The lowest BCUT2D eigenvalue weighted by Crippen LogP contribution is -1.93. The number of benzene rings is 1. The third kappa shape index (κ3) is 1.72. The molecule has 2 aromatic heterocycles. The van der Waals surface area contributed by atoms with Gasteiger partial charge in [0.05, 0.1) is 0 Å². The van der Waals surface area contributed by atoms with Gasteiger partial charge < -0.3 is 9.73 Å². The van der Waals surface area contributed by atoms with E-state index >= 15 is 0 Å². The predicted octanol–water partition coefficient (Wildman–Crippen LogP) is 3.24. The summed E-state index contributed by atoms with van der Waals surface area (Å²) < 4.78 is 5.87. The number of fused-ring (bicyclic) bond motifs is 1. The molecule has 0 saturated carbocycles. The van der Waals surface area contributed by atoms with E-state index in [0.29, 0.717) is 0 Å². The Labute approximate surface area is 105 Å². The zero-order valence-electron chi connectivity index (χ0n) is 10.3. The monoisotopic (exact) mass is 239 g/mol. The van der Waals surface area contributed by atoms with Crippen LogP contribution in [0.15, 0.2) is 41.1 Å². The molecular formula is C14H13N3O. The lowest BCUT2D eigenvalue weighted by Gasteiger charge is -1.99. The van der Waals surface area contributed by atoms with Crippen LogP contribution in [0.25, 0.3) is 22.4 Å². The van der Waals surface area contributed by atoms with Crippen molar-refractivity contribution in [2.75, 3.05) is 12.4 Å². The summed E-state index contributed by atoms with van der Waals surface area (Å²) in [6, 6.07) is 9.97. The van der Waals surface area contributed by atoms with Crippen molar-refractivity contribution >= 4 is 16.8 Å². The van der Waals surface area contributed by atoms with Crippen LogP contribution in [0.5, 0.6) is 0 Å². The Bertz CT molecular complexity index is 703. The normalized spacial score (nSPS) is 10.8. The van der Waals surface area contributed by atoms with Gasteiger partial charge >= 0.3 is 0 Å². The van der Waals surface area contributed by atoms with Crippen molar-refractivity contribution in [1.82, 2.24) is 9.97 Å². The summed E-state index contributed by atoms with van der Waals surface area (Å²) in [6.45, 7) is 2.04. The first-order chi connectivity index (χ1) is 8.78. The Kier molecular flexibility index (Phi) is 2.48. The van der Waals surface area contributed by atoms with Crippen molar-refractivity contribution in [3.05, 3.63) is 42.2 Å². The zero-order valence-corrected chi connectivity index (χ0v) is 10.3. The number of anilines is 1. The van der Waals surface area contributed by atoms with E-state index in [0.717, 1.165) is 33.8 Å². The maximum atomic E-state index is 5.87. The molecule has 18 heavy (non-hydrogen) atoms. The van der Waals surface area contributed by atoms with Crippen LogP contribution in [0.4, 0.5) is 5.82 Å². The van der Waals surface area contributed by atoms with Crippen LogP contribution >= 0.6 is 0 Å². The fourth-order valence-electron chi connectivity index (χ4n) is 1.96. The van der Waals surface area contributed by atoms with Crippen LogP contribution < -0.4 is 5.32 Å². The van der Waals surface area contributed by atoms with Crippen LogP contribution in [-0.4, -0.2) is 17.0 Å². The van der Waals surface area contributed by atoms with Gasteiger partial charge in [0, 0.05) is 18.5 Å². The zero-order chi connectivity index (χ0) is 12.5. The minimum absolute atomic E-state index is 0.762. The van der Waals surface area contributed by atoms with Crippen molar-refractivity contribution in [2.24, 2.45) is 0 Å². The standard InChI is InChI=1S/C14H13N3O/c1-9-4-3-5-10-6-12(18-14(9)10)11-7-13(15-2)17-8-16-11/h3-8H,1-2H3,(H,15,16,17). The molecule has 0 amide bonds. The Morgan fingerprint density at radius 1 is 1.17 bits per heavy atom. The number of nitrogens with one attached hydrogen (secondary N) is 1. The highest BCUT2D eigenvalue weighted by molar-refractivity contribution is 5.84. The quantitative estimate of drug-likeness (QED) is 0.745. The average Bonchev–Trinajstić information content (AvgIpc) is 2.84. The number of rotatable bonds is 2. The molecule has 90 valence electrons. The van der Waals surface area contributed by atoms with Crippen molar-refractivity contribution in [3.8, 4) is 11.5 Å². The van der Waals surface area contributed by atoms with Gasteiger partial charge in [-0.25, -0.2) is 9.97 Å². The topological polar surface area (TPSA) is 51.0 Å². The van der Waals surface area contributed by atoms with Crippen LogP contribution in [0, 0.1) is 6.92 Å². The minimum Gasteiger partial charge on any atom is -0.454 e. The third-order valence-electron chi connectivity index (χ3n) is 2.92. The van der Waals surface area contributed by atoms with Crippen LogP contribution in [0.1, 0.15) is 5.56 Å². The summed E-state index contributed by atoms with van der Waals surface area (Å²) in [5.74, 6) is 1.54. The van der Waals surface area contributed by atoms with E-state index in [1.165, 1.54) is 6.33 Å². The molecule has 2 heterocycles. The molecule has 0 fully saturated rings. The van der Waals surface area contributed by atoms with E-state index in [1.54, 1.807) is 0 Å². The number of hydrogen-bond donors (Lipinski definition) is 1. The number of nitrogens with zero attached hydrogens (tertiary/aromatic N) is 2. The van der Waals surface area contributed by atoms with Gasteiger partial charge in [0.15, 0.2) is 5.76 Å². The highest BCUT2D eigenvalue weighted by atomic mass is 16.3. The molecule has 0 saturated heterocycles. The van der Waals surface area contributed by atoms with E-state index in [9.17, 15) is 0 Å². The molecule has 0 bridgehead atoms. The summed E-state index contributed by atoms with van der Waals surface area (Å²) in [4.78, 5) is 8.33. The fraction of sp³-hybridized carbons (Fsp3) is 0.143. The molecule has 1 aromatic carbocycles. The summed E-state index contributed by atoms with van der Waals surface area (Å²) in [6.07, 6.45) is 1.53. The summed E-state index contributed by atoms with van der Waals surface area (Å²) in [7, 11) is 1.83. The van der Waals surface area contributed by atoms with Gasteiger partial charge in [-0.05, 0) is 18.6 Å². The first-order valence-corrected chi connectivity index (χ1v) is 5.77. The molecule has 0 radical (unpaired) electrons. The average molecular weight is 239 g/mol. The summed E-state index contributed by atoms with van der Waals surface area (Å²) >= 11 is 0. The Balaban J connectivity index is 2.16. The molecule has 3 rings (SSSR count). The first-order valence-electron chi connectivity index (χ1n) is 5.77. The van der Waals surface area contributed by atoms with Crippen LogP contribution in [0.2, 0.25) is 0 Å². The Morgan fingerprint density at radius 3 is 2.83 bits per heavy atom. The number of hydrogen-bond acceptors (Lipinski definition) is 4. The second-order valence-electron chi connectivity index (χ2n) is 4.14. The Morgan fingerprint density at radius 2 is 2.06 bits per heavy atom. The predicted molar refractivity (Wildman–Crippen MR) is 71.5 cm³/mol.